The van der Waals surface area contributed by atoms with E-state index in [-0.39, 0.29) is 12.2 Å². The van der Waals surface area contributed by atoms with E-state index >= 15 is 0 Å². The molecule has 0 saturated carbocycles. The lowest BCUT2D eigenvalue weighted by Gasteiger charge is -2.16. The first kappa shape index (κ1) is 21.2. The lowest BCUT2D eigenvalue weighted by molar-refractivity contribution is -0.274. The van der Waals surface area contributed by atoms with Crippen LogP contribution in [0, 0.1) is 5.82 Å². The van der Waals surface area contributed by atoms with Gasteiger partial charge in [0.05, 0.1) is 6.10 Å². The number of benzene rings is 2. The molecular weight excluding hydrogens is 384 g/mol. The fourth-order valence-electron chi connectivity index (χ4n) is 2.24. The van der Waals surface area contributed by atoms with E-state index in [2.05, 4.69) is 15.4 Å². The number of carbonyl (C=O) groups is 2. The first-order valence-corrected chi connectivity index (χ1v) is 7.91. The van der Waals surface area contributed by atoms with Crippen LogP contribution >= 0.6 is 0 Å². The molecule has 2 rings (SSSR count). The van der Waals surface area contributed by atoms with Crippen LogP contribution in [0.3, 0.4) is 0 Å². The topological polar surface area (TPSA) is 76.7 Å². The first-order valence-electron chi connectivity index (χ1n) is 7.91. The molecule has 2 N–H and O–H groups in total. The van der Waals surface area contributed by atoms with Crippen molar-refractivity contribution >= 4 is 17.5 Å². The van der Waals surface area contributed by atoms with Crippen molar-refractivity contribution in [3.05, 3.63) is 59.9 Å². The van der Waals surface area contributed by atoms with Gasteiger partial charge in [-0.1, -0.05) is 12.1 Å². The monoisotopic (exact) mass is 400 g/mol. The Morgan fingerprint density at radius 2 is 1.75 bits per heavy atom. The summed E-state index contributed by atoms with van der Waals surface area (Å²) in [5.41, 5.74) is 0.576. The Bertz CT molecular complexity index is 825. The Hall–Kier alpha value is -3.14. The molecule has 0 aliphatic rings. The zero-order chi connectivity index (χ0) is 20.7. The number of nitrogens with one attached hydrogen (secondary N) is 2. The molecule has 2 aromatic rings. The van der Waals surface area contributed by atoms with Gasteiger partial charge in [0.25, 0.3) is 0 Å². The predicted molar refractivity (Wildman–Crippen MR) is 90.9 cm³/mol. The third-order valence-electron chi connectivity index (χ3n) is 3.50. The van der Waals surface area contributed by atoms with E-state index in [0.717, 1.165) is 24.3 Å². The van der Waals surface area contributed by atoms with Gasteiger partial charge >= 0.3 is 18.2 Å². The molecule has 0 fully saturated rings. The van der Waals surface area contributed by atoms with Gasteiger partial charge in [-0.25, -0.2) is 4.39 Å². The number of hydrogen-bond acceptors (Lipinski definition) is 4. The number of hydrogen-bond donors (Lipinski definition) is 2. The normalized spacial score (nSPS) is 12.2. The largest absolute Gasteiger partial charge is 0.573 e. The molecule has 6 nitrogen and oxygen atoms in total. The van der Waals surface area contributed by atoms with Crippen LogP contribution in [-0.4, -0.2) is 31.8 Å². The minimum absolute atomic E-state index is 0.0927. The second-order valence-corrected chi connectivity index (χ2v) is 5.52. The summed E-state index contributed by atoms with van der Waals surface area (Å²) in [6, 6.07) is 9.87. The Morgan fingerprint density at radius 1 is 1.07 bits per heavy atom. The summed E-state index contributed by atoms with van der Waals surface area (Å²) < 4.78 is 58.5. The van der Waals surface area contributed by atoms with Crippen molar-refractivity contribution in [2.45, 2.75) is 12.5 Å². The molecule has 0 aromatic heterocycles. The molecule has 28 heavy (non-hydrogen) atoms. The molecule has 0 aliphatic carbocycles. The number of halogens is 4. The number of amides is 2. The Morgan fingerprint density at radius 3 is 2.32 bits per heavy atom. The molecule has 2 aromatic carbocycles. The molecule has 0 saturated heterocycles. The van der Waals surface area contributed by atoms with Crippen LogP contribution in [0.1, 0.15) is 11.7 Å². The van der Waals surface area contributed by atoms with Gasteiger partial charge in [-0.15, -0.1) is 13.2 Å². The van der Waals surface area contributed by atoms with Crippen molar-refractivity contribution in [1.82, 2.24) is 5.32 Å². The molecule has 2 amide bonds. The van der Waals surface area contributed by atoms with Crippen LogP contribution in [0.2, 0.25) is 0 Å². The maximum absolute atomic E-state index is 13.3. The van der Waals surface area contributed by atoms with E-state index in [1.54, 1.807) is 6.07 Å². The summed E-state index contributed by atoms with van der Waals surface area (Å²) >= 11 is 0. The highest BCUT2D eigenvalue weighted by Crippen LogP contribution is 2.24. The van der Waals surface area contributed by atoms with Crippen LogP contribution in [0.15, 0.2) is 48.5 Å². The molecule has 0 heterocycles. The van der Waals surface area contributed by atoms with Gasteiger partial charge in [-0.3, -0.25) is 9.59 Å². The fraction of sp³-hybridized carbons (Fsp3) is 0.222. The Labute approximate surface area is 157 Å². The first-order chi connectivity index (χ1) is 13.2. The second-order valence-electron chi connectivity index (χ2n) is 5.52. The van der Waals surface area contributed by atoms with Crippen LogP contribution < -0.4 is 15.4 Å². The van der Waals surface area contributed by atoms with Gasteiger partial charge < -0.3 is 20.1 Å². The summed E-state index contributed by atoms with van der Waals surface area (Å²) in [7, 11) is 1.37. The standard InChI is InChI=1S/C18H16F4N2O4/c1-27-15(11-3-2-4-12(19)9-11)10-23-16(25)17(26)24-13-5-7-14(8-6-13)28-18(20,21)22/h2-9,15H,10H2,1H3,(H,23,25)(H,24,26)/t15-/m1/s1. The van der Waals surface area contributed by atoms with E-state index in [4.69, 9.17) is 4.74 Å². The van der Waals surface area contributed by atoms with Crippen molar-refractivity contribution in [1.29, 1.82) is 0 Å². The van der Waals surface area contributed by atoms with Crippen LogP contribution in [-0.2, 0) is 14.3 Å². The van der Waals surface area contributed by atoms with Crippen LogP contribution in [0.25, 0.3) is 0 Å². The lowest BCUT2D eigenvalue weighted by atomic mass is 10.1. The van der Waals surface area contributed by atoms with Gasteiger partial charge in [0.15, 0.2) is 0 Å². The van der Waals surface area contributed by atoms with Gasteiger partial charge in [-0.05, 0) is 42.0 Å². The summed E-state index contributed by atoms with van der Waals surface area (Å²) in [6.07, 6.45) is -5.50. The number of methoxy groups -OCH3 is 1. The summed E-state index contributed by atoms with van der Waals surface area (Å²) in [4.78, 5) is 23.8. The minimum atomic E-state index is -4.83. The summed E-state index contributed by atoms with van der Waals surface area (Å²) in [5.74, 6) is -2.96. The zero-order valence-electron chi connectivity index (χ0n) is 14.5. The third-order valence-corrected chi connectivity index (χ3v) is 3.50. The average Bonchev–Trinajstić information content (AvgIpc) is 2.62. The molecule has 0 unspecified atom stereocenters. The van der Waals surface area contributed by atoms with Gasteiger partial charge in [0.1, 0.15) is 11.6 Å². The zero-order valence-corrected chi connectivity index (χ0v) is 14.5. The van der Waals surface area contributed by atoms with Gasteiger partial charge in [-0.2, -0.15) is 0 Å². The van der Waals surface area contributed by atoms with E-state index in [9.17, 15) is 27.2 Å². The Balaban J connectivity index is 1.89. The molecule has 0 radical (unpaired) electrons. The van der Waals surface area contributed by atoms with Crippen molar-refractivity contribution in [3.63, 3.8) is 0 Å². The highest BCUT2D eigenvalue weighted by atomic mass is 19.4. The van der Waals surface area contributed by atoms with Crippen LogP contribution in [0.5, 0.6) is 5.75 Å². The maximum atomic E-state index is 13.3. The van der Waals surface area contributed by atoms with Crippen molar-refractivity contribution < 1.29 is 36.6 Å². The quantitative estimate of drug-likeness (QED) is 0.577. The molecule has 1 atom stereocenters. The van der Waals surface area contributed by atoms with Crippen molar-refractivity contribution in [2.24, 2.45) is 0 Å². The minimum Gasteiger partial charge on any atom is -0.406 e. The number of anilines is 1. The maximum Gasteiger partial charge on any atom is 0.573 e. The number of ether oxygens (including phenoxy) is 2. The summed E-state index contributed by atoms with van der Waals surface area (Å²) in [5, 5.41) is 4.58. The number of rotatable bonds is 6. The lowest BCUT2D eigenvalue weighted by Crippen LogP contribution is -2.38. The molecule has 0 bridgehead atoms. The van der Waals surface area contributed by atoms with Gasteiger partial charge in [0.2, 0.25) is 0 Å². The second kappa shape index (κ2) is 9.18. The van der Waals surface area contributed by atoms with E-state index < -0.39 is 35.8 Å². The van der Waals surface area contributed by atoms with Crippen molar-refractivity contribution in [3.8, 4) is 5.75 Å². The molecule has 0 spiro atoms. The van der Waals surface area contributed by atoms with E-state index in [1.165, 1.54) is 25.3 Å². The van der Waals surface area contributed by atoms with E-state index in [1.807, 2.05) is 0 Å². The van der Waals surface area contributed by atoms with Crippen molar-refractivity contribution in [2.75, 3.05) is 19.0 Å². The van der Waals surface area contributed by atoms with Gasteiger partial charge in [0, 0.05) is 19.3 Å². The number of carbonyl (C=O) groups excluding carboxylic acids is 2. The van der Waals surface area contributed by atoms with E-state index in [0.29, 0.717) is 5.56 Å². The smallest absolute Gasteiger partial charge is 0.406 e. The van der Waals surface area contributed by atoms with Crippen LogP contribution in [0.4, 0.5) is 23.2 Å². The average molecular weight is 400 g/mol. The molecule has 150 valence electrons. The molecule has 10 heteroatoms. The molecule has 0 aliphatic heterocycles. The third kappa shape index (κ3) is 6.54. The highest BCUT2D eigenvalue weighted by Gasteiger charge is 2.31. The predicted octanol–water partition coefficient (Wildman–Crippen LogP) is 3.17. The SMILES string of the molecule is CO[C@H](CNC(=O)C(=O)Nc1ccc(OC(F)(F)F)cc1)c1cccc(F)c1. The highest BCUT2D eigenvalue weighted by molar-refractivity contribution is 6.39. The summed E-state index contributed by atoms with van der Waals surface area (Å²) in [6.45, 7) is -0.0927. The fourth-order valence-corrected chi connectivity index (χ4v) is 2.24. The Kier molecular flexibility index (Phi) is 6.94. The molecular formula is C18H16F4N2O4. The number of alkyl halides is 3.